The maximum Gasteiger partial charge on any atom is 0.293 e. The smallest absolute Gasteiger partial charge is 0.293 e. The maximum absolute atomic E-state index is 12.3. The number of nitrogens with zero attached hydrogens (tertiary/aromatic N) is 1. The van der Waals surface area contributed by atoms with Gasteiger partial charge in [-0.3, -0.25) is 14.5 Å². The Balaban J connectivity index is 2.14. The van der Waals surface area contributed by atoms with Gasteiger partial charge < -0.3 is 19.4 Å². The van der Waals surface area contributed by atoms with Crippen LogP contribution in [-0.2, 0) is 9.59 Å². The summed E-state index contributed by atoms with van der Waals surface area (Å²) in [5.74, 6) is -0.508. The third-order valence-electron chi connectivity index (χ3n) is 3.42. The summed E-state index contributed by atoms with van der Waals surface area (Å²) in [6.45, 7) is 2.42. The SMILES string of the molecule is CCOc1ccc(/C=C2\SC(=O)N(CCCC(=O)[O-])C2=O)cc1OC. The molecule has 2 amide bonds. The highest BCUT2D eigenvalue weighted by Gasteiger charge is 2.34. The van der Waals surface area contributed by atoms with Gasteiger partial charge in [-0.15, -0.1) is 0 Å². The molecule has 7 nitrogen and oxygen atoms in total. The Morgan fingerprint density at radius 3 is 2.72 bits per heavy atom. The van der Waals surface area contributed by atoms with Crippen molar-refractivity contribution < 1.29 is 29.0 Å². The van der Waals surface area contributed by atoms with Crippen LogP contribution in [0.3, 0.4) is 0 Å². The molecule has 25 heavy (non-hydrogen) atoms. The monoisotopic (exact) mass is 364 g/mol. The zero-order chi connectivity index (χ0) is 18.4. The lowest BCUT2D eigenvalue weighted by Gasteiger charge is -2.12. The number of benzene rings is 1. The fourth-order valence-corrected chi connectivity index (χ4v) is 3.14. The summed E-state index contributed by atoms with van der Waals surface area (Å²) in [5.41, 5.74) is 0.695. The van der Waals surface area contributed by atoms with Crippen LogP contribution < -0.4 is 14.6 Å². The van der Waals surface area contributed by atoms with Crippen molar-refractivity contribution in [3.8, 4) is 11.5 Å². The van der Waals surface area contributed by atoms with E-state index in [9.17, 15) is 19.5 Å². The molecule has 0 N–H and O–H groups in total. The molecule has 0 atom stereocenters. The number of carboxylic acid groups (broad SMARTS) is 1. The van der Waals surface area contributed by atoms with Gasteiger partial charge in [-0.1, -0.05) is 6.07 Å². The van der Waals surface area contributed by atoms with Crippen LogP contribution in [0.1, 0.15) is 25.3 Å². The van der Waals surface area contributed by atoms with Crippen molar-refractivity contribution in [3.05, 3.63) is 28.7 Å². The molecule has 8 heteroatoms. The van der Waals surface area contributed by atoms with Gasteiger partial charge in [-0.05, 0) is 55.3 Å². The van der Waals surface area contributed by atoms with Crippen molar-refractivity contribution in [3.63, 3.8) is 0 Å². The van der Waals surface area contributed by atoms with Crippen LogP contribution in [-0.4, -0.2) is 42.3 Å². The fourth-order valence-electron chi connectivity index (χ4n) is 2.27. The van der Waals surface area contributed by atoms with Gasteiger partial charge in [0.15, 0.2) is 11.5 Å². The van der Waals surface area contributed by atoms with E-state index in [1.807, 2.05) is 6.92 Å². The summed E-state index contributed by atoms with van der Waals surface area (Å²) in [7, 11) is 1.52. The second-order valence-electron chi connectivity index (χ2n) is 5.15. The Bertz CT molecular complexity index is 715. The van der Waals surface area contributed by atoms with Crippen molar-refractivity contribution in [1.82, 2.24) is 4.90 Å². The third-order valence-corrected chi connectivity index (χ3v) is 4.33. The summed E-state index contributed by atoms with van der Waals surface area (Å²) in [4.78, 5) is 36.0. The van der Waals surface area contributed by atoms with E-state index < -0.39 is 17.1 Å². The van der Waals surface area contributed by atoms with Gasteiger partial charge in [0.2, 0.25) is 0 Å². The Kier molecular flexibility index (Phi) is 6.46. The zero-order valence-electron chi connectivity index (χ0n) is 13.9. The number of carbonyl (C=O) groups excluding carboxylic acids is 3. The molecule has 0 aliphatic carbocycles. The van der Waals surface area contributed by atoms with Gasteiger partial charge in [0.1, 0.15) is 0 Å². The number of rotatable bonds is 8. The van der Waals surface area contributed by atoms with Crippen molar-refractivity contribution >= 4 is 35.0 Å². The van der Waals surface area contributed by atoms with E-state index in [-0.39, 0.29) is 24.3 Å². The number of thioether (sulfide) groups is 1. The Morgan fingerprint density at radius 2 is 2.08 bits per heavy atom. The average molecular weight is 364 g/mol. The molecule has 1 heterocycles. The summed E-state index contributed by atoms with van der Waals surface area (Å²) >= 11 is 0.827. The summed E-state index contributed by atoms with van der Waals surface area (Å²) < 4.78 is 10.7. The molecule has 0 spiro atoms. The van der Waals surface area contributed by atoms with E-state index in [2.05, 4.69) is 0 Å². The van der Waals surface area contributed by atoms with Crippen LogP contribution in [0.2, 0.25) is 0 Å². The molecule has 1 aromatic rings. The lowest BCUT2D eigenvalue weighted by molar-refractivity contribution is -0.305. The number of methoxy groups -OCH3 is 1. The number of amides is 2. The molecule has 0 unspecified atom stereocenters. The number of hydrogen-bond acceptors (Lipinski definition) is 7. The molecule has 0 aromatic heterocycles. The number of aliphatic carboxylic acids is 1. The number of carboxylic acids is 1. The second-order valence-corrected chi connectivity index (χ2v) is 6.15. The van der Waals surface area contributed by atoms with Crippen molar-refractivity contribution in [2.24, 2.45) is 0 Å². The number of carbonyl (C=O) groups is 3. The molecule has 134 valence electrons. The molecule has 2 rings (SSSR count). The maximum atomic E-state index is 12.3. The van der Waals surface area contributed by atoms with Crippen molar-refractivity contribution in [2.75, 3.05) is 20.3 Å². The lowest BCUT2D eigenvalue weighted by atomic mass is 10.2. The van der Waals surface area contributed by atoms with Crippen LogP contribution in [0.5, 0.6) is 11.5 Å². The van der Waals surface area contributed by atoms with E-state index >= 15 is 0 Å². The molecule has 0 saturated carbocycles. The third kappa shape index (κ3) is 4.76. The van der Waals surface area contributed by atoms with Gasteiger partial charge in [0, 0.05) is 12.5 Å². The van der Waals surface area contributed by atoms with Gasteiger partial charge in [-0.2, -0.15) is 0 Å². The molecular weight excluding hydrogens is 346 g/mol. The normalized spacial score (nSPS) is 15.8. The van der Waals surface area contributed by atoms with Crippen LogP contribution in [0.15, 0.2) is 23.1 Å². The zero-order valence-corrected chi connectivity index (χ0v) is 14.8. The first-order chi connectivity index (χ1) is 12.0. The molecule has 0 radical (unpaired) electrons. The van der Waals surface area contributed by atoms with E-state index in [0.717, 1.165) is 16.7 Å². The van der Waals surface area contributed by atoms with Crippen molar-refractivity contribution in [2.45, 2.75) is 19.8 Å². The number of hydrogen-bond donors (Lipinski definition) is 0. The first-order valence-corrected chi connectivity index (χ1v) is 8.54. The van der Waals surface area contributed by atoms with E-state index in [0.29, 0.717) is 23.7 Å². The minimum Gasteiger partial charge on any atom is -0.550 e. The molecular formula is C17H18NO6S-. The molecule has 0 bridgehead atoms. The van der Waals surface area contributed by atoms with Crippen LogP contribution in [0.4, 0.5) is 4.79 Å². The van der Waals surface area contributed by atoms with Crippen LogP contribution >= 0.6 is 11.8 Å². The van der Waals surface area contributed by atoms with E-state index in [1.54, 1.807) is 24.3 Å². The summed E-state index contributed by atoms with van der Waals surface area (Å²) in [5, 5.41) is 10.0. The van der Waals surface area contributed by atoms with E-state index in [1.165, 1.54) is 7.11 Å². The molecule has 1 aliphatic heterocycles. The van der Waals surface area contributed by atoms with Crippen molar-refractivity contribution in [1.29, 1.82) is 0 Å². The van der Waals surface area contributed by atoms with Crippen LogP contribution in [0.25, 0.3) is 6.08 Å². The highest BCUT2D eigenvalue weighted by Crippen LogP contribution is 2.34. The first-order valence-electron chi connectivity index (χ1n) is 7.72. The highest BCUT2D eigenvalue weighted by atomic mass is 32.2. The number of imide groups is 1. The van der Waals surface area contributed by atoms with Gasteiger partial charge in [0.25, 0.3) is 11.1 Å². The molecule has 1 fully saturated rings. The van der Waals surface area contributed by atoms with E-state index in [4.69, 9.17) is 9.47 Å². The Labute approximate surface area is 149 Å². The predicted molar refractivity (Wildman–Crippen MR) is 91.1 cm³/mol. The van der Waals surface area contributed by atoms with Crippen LogP contribution in [0, 0.1) is 0 Å². The first kappa shape index (κ1) is 18.9. The number of ether oxygens (including phenoxy) is 2. The van der Waals surface area contributed by atoms with Gasteiger partial charge in [0.05, 0.1) is 18.6 Å². The highest BCUT2D eigenvalue weighted by molar-refractivity contribution is 8.18. The largest absolute Gasteiger partial charge is 0.550 e. The molecule has 1 saturated heterocycles. The standard InChI is InChI=1S/C17H19NO6S/c1-3-24-12-7-6-11(9-13(12)23-2)10-14-16(21)18(17(22)25-14)8-4-5-15(19)20/h6-7,9-10H,3-5,8H2,1-2H3,(H,19,20)/p-1/b14-10-. The lowest BCUT2D eigenvalue weighted by Crippen LogP contribution is -2.30. The molecule has 1 aliphatic rings. The topological polar surface area (TPSA) is 96.0 Å². The van der Waals surface area contributed by atoms with Gasteiger partial charge >= 0.3 is 0 Å². The molecule has 1 aromatic carbocycles. The minimum atomic E-state index is -1.20. The predicted octanol–water partition coefficient (Wildman–Crippen LogP) is 1.66. The Morgan fingerprint density at radius 1 is 1.32 bits per heavy atom. The Hall–Kier alpha value is -2.48. The quantitative estimate of drug-likeness (QED) is 0.647. The fraction of sp³-hybridized carbons (Fsp3) is 0.353. The average Bonchev–Trinajstić information content (AvgIpc) is 2.83. The second kappa shape index (κ2) is 8.57. The minimum absolute atomic E-state index is 0.0581. The van der Waals surface area contributed by atoms with Gasteiger partial charge in [-0.25, -0.2) is 0 Å². The summed E-state index contributed by atoms with van der Waals surface area (Å²) in [6, 6.07) is 5.21. The summed E-state index contributed by atoms with van der Waals surface area (Å²) in [6.07, 6.45) is 1.57.